The van der Waals surface area contributed by atoms with Gasteiger partial charge in [0.25, 0.3) is 11.8 Å². The first kappa shape index (κ1) is 19.1. The summed E-state index contributed by atoms with van der Waals surface area (Å²) in [5.74, 6) is 0.109. The standard InChI is InChI=1S/C24H27N3O3/c28-23(26-12-3-4-13-26)17-7-5-8-18(15-17)25-22-20-10-1-2-11-21(20)24(29)27(22)16-19-9-6-14-30-19/h1-2,5,7-8,10-11,15,19,22,25H,3-4,6,9,12-14,16H2/t19-,22-/m0/s1. The van der Waals surface area contributed by atoms with Crippen LogP contribution in [0.5, 0.6) is 0 Å². The molecule has 156 valence electrons. The van der Waals surface area contributed by atoms with Crippen molar-refractivity contribution in [2.24, 2.45) is 0 Å². The summed E-state index contributed by atoms with van der Waals surface area (Å²) in [6.07, 6.45) is 3.97. The Kier molecular flexibility index (Phi) is 5.17. The van der Waals surface area contributed by atoms with Crippen LogP contribution in [0.25, 0.3) is 0 Å². The van der Waals surface area contributed by atoms with Gasteiger partial charge in [0.1, 0.15) is 6.17 Å². The molecule has 5 rings (SSSR count). The molecule has 2 atom stereocenters. The lowest BCUT2D eigenvalue weighted by Gasteiger charge is -2.29. The second-order valence-corrected chi connectivity index (χ2v) is 8.31. The van der Waals surface area contributed by atoms with Crippen LogP contribution in [0, 0.1) is 0 Å². The number of hydrogen-bond donors (Lipinski definition) is 1. The van der Waals surface area contributed by atoms with Gasteiger partial charge < -0.3 is 19.9 Å². The molecule has 6 heteroatoms. The van der Waals surface area contributed by atoms with E-state index in [1.54, 1.807) is 0 Å². The van der Waals surface area contributed by atoms with Crippen LogP contribution >= 0.6 is 0 Å². The van der Waals surface area contributed by atoms with Gasteiger partial charge >= 0.3 is 0 Å². The van der Waals surface area contributed by atoms with Gasteiger partial charge in [0.15, 0.2) is 0 Å². The molecule has 0 aliphatic carbocycles. The van der Waals surface area contributed by atoms with Gasteiger partial charge in [-0.3, -0.25) is 9.59 Å². The second kappa shape index (κ2) is 8.11. The molecule has 2 fully saturated rings. The third kappa shape index (κ3) is 3.56. The van der Waals surface area contributed by atoms with E-state index in [9.17, 15) is 9.59 Å². The largest absolute Gasteiger partial charge is 0.376 e. The number of nitrogens with one attached hydrogen (secondary N) is 1. The van der Waals surface area contributed by atoms with E-state index in [0.29, 0.717) is 12.1 Å². The number of hydrogen-bond acceptors (Lipinski definition) is 4. The van der Waals surface area contributed by atoms with Crippen LogP contribution in [0.1, 0.15) is 58.1 Å². The lowest BCUT2D eigenvalue weighted by Crippen LogP contribution is -2.38. The zero-order valence-corrected chi connectivity index (χ0v) is 17.0. The van der Waals surface area contributed by atoms with Crippen molar-refractivity contribution in [3.05, 3.63) is 65.2 Å². The van der Waals surface area contributed by atoms with Gasteiger partial charge in [-0.15, -0.1) is 0 Å². The number of amides is 2. The average molecular weight is 405 g/mol. The van der Waals surface area contributed by atoms with Crippen molar-refractivity contribution in [3.8, 4) is 0 Å². The van der Waals surface area contributed by atoms with Crippen LogP contribution in [0.4, 0.5) is 5.69 Å². The molecule has 0 bridgehead atoms. The van der Waals surface area contributed by atoms with Crippen LogP contribution < -0.4 is 5.32 Å². The van der Waals surface area contributed by atoms with Gasteiger partial charge in [0, 0.05) is 48.6 Å². The minimum atomic E-state index is -0.268. The van der Waals surface area contributed by atoms with E-state index in [0.717, 1.165) is 62.2 Å². The third-order valence-electron chi connectivity index (χ3n) is 6.29. The Morgan fingerprint density at radius 2 is 1.90 bits per heavy atom. The normalized spacial score (nSPS) is 23.1. The third-order valence-corrected chi connectivity index (χ3v) is 6.29. The maximum absolute atomic E-state index is 13.1. The number of likely N-dealkylation sites (tertiary alicyclic amines) is 1. The SMILES string of the molecule is O=C(c1cccc(N[C@@H]2c3ccccc3C(=O)N2C[C@@H]2CCCO2)c1)N1CCCC1. The van der Waals surface area contributed by atoms with Crippen molar-refractivity contribution < 1.29 is 14.3 Å². The molecular formula is C24H27N3O3. The second-order valence-electron chi connectivity index (χ2n) is 8.31. The van der Waals surface area contributed by atoms with Crippen LogP contribution in [0.2, 0.25) is 0 Å². The quantitative estimate of drug-likeness (QED) is 0.825. The summed E-state index contributed by atoms with van der Waals surface area (Å²) in [7, 11) is 0. The van der Waals surface area contributed by atoms with Crippen LogP contribution in [-0.4, -0.2) is 54.0 Å². The molecule has 0 spiro atoms. The Hall–Kier alpha value is -2.86. The van der Waals surface area contributed by atoms with Crippen LogP contribution in [-0.2, 0) is 4.74 Å². The monoisotopic (exact) mass is 405 g/mol. The Labute approximate surface area is 176 Å². The van der Waals surface area contributed by atoms with Crippen molar-refractivity contribution in [1.29, 1.82) is 0 Å². The van der Waals surface area contributed by atoms with Crippen LogP contribution in [0.3, 0.4) is 0 Å². The van der Waals surface area contributed by atoms with Crippen molar-refractivity contribution >= 4 is 17.5 Å². The van der Waals surface area contributed by atoms with Gasteiger partial charge in [-0.05, 0) is 49.9 Å². The number of ether oxygens (including phenoxy) is 1. The van der Waals surface area contributed by atoms with Gasteiger partial charge in [-0.2, -0.15) is 0 Å². The number of rotatable bonds is 5. The maximum atomic E-state index is 13.1. The summed E-state index contributed by atoms with van der Waals surface area (Å²) in [6, 6.07) is 15.4. The number of fused-ring (bicyclic) bond motifs is 1. The molecule has 6 nitrogen and oxygen atoms in total. The molecule has 3 aliphatic heterocycles. The molecule has 1 N–H and O–H groups in total. The fourth-order valence-corrected chi connectivity index (χ4v) is 4.72. The highest BCUT2D eigenvalue weighted by Gasteiger charge is 2.38. The summed E-state index contributed by atoms with van der Waals surface area (Å²) >= 11 is 0. The van der Waals surface area contributed by atoms with Crippen molar-refractivity contribution in [2.75, 3.05) is 31.6 Å². The zero-order valence-electron chi connectivity index (χ0n) is 17.0. The number of benzene rings is 2. The van der Waals surface area contributed by atoms with Gasteiger partial charge in [-0.25, -0.2) is 0 Å². The summed E-state index contributed by atoms with van der Waals surface area (Å²) in [5.41, 5.74) is 3.23. The Morgan fingerprint density at radius 3 is 2.70 bits per heavy atom. The van der Waals surface area contributed by atoms with Crippen molar-refractivity contribution in [1.82, 2.24) is 9.80 Å². The number of anilines is 1. The first-order chi connectivity index (χ1) is 14.7. The summed E-state index contributed by atoms with van der Waals surface area (Å²) < 4.78 is 5.80. The molecule has 3 aliphatic rings. The highest BCUT2D eigenvalue weighted by Crippen LogP contribution is 2.35. The molecule has 2 aromatic rings. The predicted molar refractivity (Wildman–Crippen MR) is 114 cm³/mol. The van der Waals surface area contributed by atoms with E-state index in [1.807, 2.05) is 58.3 Å². The summed E-state index contributed by atoms with van der Waals surface area (Å²) in [6.45, 7) is 2.99. The predicted octanol–water partition coefficient (Wildman–Crippen LogP) is 3.67. The Balaban J connectivity index is 1.40. The highest BCUT2D eigenvalue weighted by atomic mass is 16.5. The number of carbonyl (C=O) groups is 2. The Bertz CT molecular complexity index is 948. The summed E-state index contributed by atoms with van der Waals surface area (Å²) in [5, 5.41) is 3.52. The maximum Gasteiger partial charge on any atom is 0.256 e. The van der Waals surface area contributed by atoms with E-state index in [1.165, 1.54) is 0 Å². The van der Waals surface area contributed by atoms with Crippen LogP contribution in [0.15, 0.2) is 48.5 Å². The van der Waals surface area contributed by atoms with E-state index in [4.69, 9.17) is 4.74 Å². The fourth-order valence-electron chi connectivity index (χ4n) is 4.72. The average Bonchev–Trinajstić information content (AvgIpc) is 3.53. The minimum Gasteiger partial charge on any atom is -0.376 e. The minimum absolute atomic E-state index is 0.0305. The molecular weight excluding hydrogens is 378 g/mol. The van der Waals surface area contributed by atoms with Crippen molar-refractivity contribution in [3.63, 3.8) is 0 Å². The summed E-state index contributed by atoms with van der Waals surface area (Å²) in [4.78, 5) is 29.7. The van der Waals surface area contributed by atoms with E-state index < -0.39 is 0 Å². The topological polar surface area (TPSA) is 61.9 Å². The molecule has 2 amide bonds. The van der Waals surface area contributed by atoms with Crippen molar-refractivity contribution in [2.45, 2.75) is 38.0 Å². The van der Waals surface area contributed by atoms with Gasteiger partial charge in [0.05, 0.1) is 6.10 Å². The first-order valence-corrected chi connectivity index (χ1v) is 10.9. The van der Waals surface area contributed by atoms with E-state index >= 15 is 0 Å². The van der Waals surface area contributed by atoms with E-state index in [2.05, 4.69) is 5.32 Å². The number of carbonyl (C=O) groups excluding carboxylic acids is 2. The molecule has 0 radical (unpaired) electrons. The molecule has 3 heterocycles. The lowest BCUT2D eigenvalue weighted by molar-refractivity contribution is 0.0488. The molecule has 0 unspecified atom stereocenters. The lowest BCUT2D eigenvalue weighted by atomic mass is 10.1. The van der Waals surface area contributed by atoms with Gasteiger partial charge in [-0.1, -0.05) is 24.3 Å². The fraction of sp³-hybridized carbons (Fsp3) is 0.417. The molecule has 30 heavy (non-hydrogen) atoms. The zero-order chi connectivity index (χ0) is 20.5. The Morgan fingerprint density at radius 1 is 1.07 bits per heavy atom. The first-order valence-electron chi connectivity index (χ1n) is 10.9. The highest BCUT2D eigenvalue weighted by molar-refractivity contribution is 5.99. The van der Waals surface area contributed by atoms with E-state index in [-0.39, 0.29) is 24.1 Å². The molecule has 2 aromatic carbocycles. The number of nitrogens with zero attached hydrogens (tertiary/aromatic N) is 2. The molecule has 0 aromatic heterocycles. The molecule has 2 saturated heterocycles. The molecule has 0 saturated carbocycles. The van der Waals surface area contributed by atoms with Gasteiger partial charge in [0.2, 0.25) is 0 Å². The smallest absolute Gasteiger partial charge is 0.256 e.